The molecule has 3 N–H and O–H groups in total. The lowest BCUT2D eigenvalue weighted by molar-refractivity contribution is -0.153. The average molecular weight is 263 g/mol. The van der Waals surface area contributed by atoms with Crippen molar-refractivity contribution in [1.82, 2.24) is 0 Å². The number of rotatable bonds is 5. The number of nitrogens with two attached hydrogens (primary N) is 1. The summed E-state index contributed by atoms with van der Waals surface area (Å²) in [5, 5.41) is 8.65. The molecular weight excluding hydrogens is 251 g/mol. The Morgan fingerprint density at radius 3 is 2.56 bits per heavy atom. The van der Waals surface area contributed by atoms with Crippen molar-refractivity contribution in [1.29, 1.82) is 0 Å². The highest BCUT2D eigenvalue weighted by Gasteiger charge is 2.29. The van der Waals surface area contributed by atoms with Crippen LogP contribution >= 0.6 is 0 Å². The highest BCUT2D eigenvalue weighted by molar-refractivity contribution is 5.73. The Morgan fingerprint density at radius 1 is 1.39 bits per heavy atom. The van der Waals surface area contributed by atoms with Crippen LogP contribution in [0, 0.1) is 0 Å². The minimum atomic E-state index is -4.44. The van der Waals surface area contributed by atoms with Gasteiger partial charge in [0.05, 0.1) is 0 Å². The lowest BCUT2D eigenvalue weighted by Crippen LogP contribution is -2.32. The van der Waals surface area contributed by atoms with Gasteiger partial charge in [-0.15, -0.1) is 0 Å². The van der Waals surface area contributed by atoms with Crippen LogP contribution in [0.15, 0.2) is 24.3 Å². The number of halogens is 3. The predicted octanol–water partition coefficient (Wildman–Crippen LogP) is 1.58. The fraction of sp³-hybridized carbons (Fsp3) is 0.364. The molecule has 0 spiro atoms. The summed E-state index contributed by atoms with van der Waals surface area (Å²) in [7, 11) is 0. The van der Waals surface area contributed by atoms with Gasteiger partial charge in [0, 0.05) is 6.42 Å². The van der Waals surface area contributed by atoms with Gasteiger partial charge in [0.1, 0.15) is 11.8 Å². The number of alkyl halides is 3. The SMILES string of the molecule is N[C@H](Cc1ccccc1OCC(F)(F)F)C(=O)O. The summed E-state index contributed by atoms with van der Waals surface area (Å²) in [5.41, 5.74) is 5.65. The maximum atomic E-state index is 12.0. The van der Waals surface area contributed by atoms with Gasteiger partial charge in [-0.05, 0) is 11.6 Å². The maximum absolute atomic E-state index is 12.0. The molecule has 1 atom stereocenters. The Balaban J connectivity index is 2.76. The Labute approximate surface area is 101 Å². The zero-order valence-corrected chi connectivity index (χ0v) is 9.28. The molecule has 100 valence electrons. The van der Waals surface area contributed by atoms with Crippen LogP contribution in [0.4, 0.5) is 13.2 Å². The van der Waals surface area contributed by atoms with Crippen LogP contribution < -0.4 is 10.5 Å². The van der Waals surface area contributed by atoms with Crippen LogP contribution in [0.25, 0.3) is 0 Å². The van der Waals surface area contributed by atoms with Gasteiger partial charge in [-0.25, -0.2) is 0 Å². The van der Waals surface area contributed by atoms with E-state index in [0.717, 1.165) is 0 Å². The van der Waals surface area contributed by atoms with Crippen molar-refractivity contribution in [3.63, 3.8) is 0 Å². The number of carbonyl (C=O) groups is 1. The van der Waals surface area contributed by atoms with Crippen molar-refractivity contribution in [3.05, 3.63) is 29.8 Å². The Hall–Kier alpha value is -1.76. The van der Waals surface area contributed by atoms with Gasteiger partial charge in [0.15, 0.2) is 6.61 Å². The smallest absolute Gasteiger partial charge is 0.422 e. The molecule has 0 saturated heterocycles. The van der Waals surface area contributed by atoms with Crippen LogP contribution in [0.1, 0.15) is 5.56 Å². The van der Waals surface area contributed by atoms with Crippen molar-refractivity contribution >= 4 is 5.97 Å². The number of aliphatic carboxylic acids is 1. The third-order valence-electron chi connectivity index (χ3n) is 2.12. The first kappa shape index (κ1) is 14.3. The Kier molecular flexibility index (Phi) is 4.55. The fourth-order valence-corrected chi connectivity index (χ4v) is 1.30. The highest BCUT2D eigenvalue weighted by Crippen LogP contribution is 2.22. The number of hydrogen-bond acceptors (Lipinski definition) is 3. The van der Waals surface area contributed by atoms with Crippen molar-refractivity contribution < 1.29 is 27.8 Å². The quantitative estimate of drug-likeness (QED) is 0.846. The van der Waals surface area contributed by atoms with Crippen molar-refractivity contribution in [2.45, 2.75) is 18.6 Å². The lowest BCUT2D eigenvalue weighted by Gasteiger charge is -2.14. The largest absolute Gasteiger partial charge is 0.484 e. The van der Waals surface area contributed by atoms with Gasteiger partial charge in [-0.1, -0.05) is 18.2 Å². The molecule has 0 bridgehead atoms. The molecule has 0 unspecified atom stereocenters. The summed E-state index contributed by atoms with van der Waals surface area (Å²) in [6, 6.07) is 4.72. The molecule has 18 heavy (non-hydrogen) atoms. The van der Waals surface area contributed by atoms with E-state index in [0.29, 0.717) is 5.56 Å². The van der Waals surface area contributed by atoms with E-state index in [4.69, 9.17) is 10.8 Å². The topological polar surface area (TPSA) is 72.5 Å². The molecule has 0 saturated carbocycles. The van der Waals surface area contributed by atoms with Gasteiger partial charge in [0.2, 0.25) is 0 Å². The number of carboxylic acids is 1. The zero-order valence-electron chi connectivity index (χ0n) is 9.28. The maximum Gasteiger partial charge on any atom is 0.422 e. The van der Waals surface area contributed by atoms with Gasteiger partial charge in [0.25, 0.3) is 0 Å². The van der Waals surface area contributed by atoms with Crippen LogP contribution in [0.3, 0.4) is 0 Å². The Bertz CT molecular complexity index is 420. The molecule has 1 rings (SSSR count). The van der Waals surface area contributed by atoms with E-state index in [2.05, 4.69) is 4.74 Å². The minimum absolute atomic E-state index is 0.00785. The van der Waals surface area contributed by atoms with Crippen LogP contribution in [-0.2, 0) is 11.2 Å². The van der Waals surface area contributed by atoms with Gasteiger partial charge < -0.3 is 15.6 Å². The second-order valence-corrected chi connectivity index (χ2v) is 3.66. The molecule has 0 aliphatic rings. The van der Waals surface area contributed by atoms with Gasteiger partial charge >= 0.3 is 12.1 Å². The second-order valence-electron chi connectivity index (χ2n) is 3.66. The number of benzene rings is 1. The van der Waals surface area contributed by atoms with Crippen LogP contribution in [0.2, 0.25) is 0 Å². The van der Waals surface area contributed by atoms with Crippen molar-refractivity contribution in [2.75, 3.05) is 6.61 Å². The predicted molar refractivity (Wildman–Crippen MR) is 57.3 cm³/mol. The molecule has 0 aliphatic heterocycles. The van der Waals surface area contributed by atoms with E-state index in [9.17, 15) is 18.0 Å². The standard InChI is InChI=1S/C11H12F3NO3/c12-11(13,14)6-18-9-4-2-1-3-7(9)5-8(15)10(16)17/h1-4,8H,5-6,15H2,(H,16,17)/t8-/m1/s1. The molecule has 0 fully saturated rings. The second kappa shape index (κ2) is 5.72. The number of ether oxygens (including phenoxy) is 1. The van der Waals surface area contributed by atoms with E-state index in [1.54, 1.807) is 6.07 Å². The molecule has 7 heteroatoms. The third-order valence-corrected chi connectivity index (χ3v) is 2.12. The normalized spacial score (nSPS) is 13.1. The number of para-hydroxylation sites is 1. The first-order valence-corrected chi connectivity index (χ1v) is 5.05. The molecule has 1 aromatic carbocycles. The fourth-order valence-electron chi connectivity index (χ4n) is 1.30. The summed E-state index contributed by atoms with van der Waals surface area (Å²) in [5.74, 6) is -1.23. The summed E-state index contributed by atoms with van der Waals surface area (Å²) in [4.78, 5) is 10.6. The first-order chi connectivity index (χ1) is 8.29. The molecular formula is C11H12F3NO3. The van der Waals surface area contributed by atoms with Crippen LogP contribution in [-0.4, -0.2) is 29.9 Å². The number of carboxylic acid groups (broad SMARTS) is 1. The van der Waals surface area contributed by atoms with Gasteiger partial charge in [-0.3, -0.25) is 4.79 Å². The third kappa shape index (κ3) is 4.62. The number of hydrogen-bond donors (Lipinski definition) is 2. The van der Waals surface area contributed by atoms with E-state index in [-0.39, 0.29) is 12.2 Å². The molecule has 0 heterocycles. The van der Waals surface area contributed by atoms with Gasteiger partial charge in [-0.2, -0.15) is 13.2 Å². The highest BCUT2D eigenvalue weighted by atomic mass is 19.4. The van der Waals surface area contributed by atoms with Crippen LogP contribution in [0.5, 0.6) is 5.75 Å². The monoisotopic (exact) mass is 263 g/mol. The summed E-state index contributed by atoms with van der Waals surface area (Å²) in [6.45, 7) is -1.42. The molecule has 0 aromatic heterocycles. The zero-order chi connectivity index (χ0) is 13.8. The van der Waals surface area contributed by atoms with E-state index >= 15 is 0 Å². The lowest BCUT2D eigenvalue weighted by atomic mass is 10.1. The molecule has 1 aromatic rings. The van der Waals surface area contributed by atoms with Crippen molar-refractivity contribution in [3.8, 4) is 5.75 Å². The van der Waals surface area contributed by atoms with E-state index in [1.807, 2.05) is 0 Å². The first-order valence-electron chi connectivity index (χ1n) is 5.05. The summed E-state index contributed by atoms with van der Waals surface area (Å²) in [6.07, 6.45) is -4.54. The molecule has 0 amide bonds. The van der Waals surface area contributed by atoms with E-state index < -0.39 is 24.8 Å². The van der Waals surface area contributed by atoms with Crippen molar-refractivity contribution in [2.24, 2.45) is 5.73 Å². The minimum Gasteiger partial charge on any atom is -0.484 e. The summed E-state index contributed by atoms with van der Waals surface area (Å²) >= 11 is 0. The molecule has 0 radical (unpaired) electrons. The average Bonchev–Trinajstić information content (AvgIpc) is 2.26. The summed E-state index contributed by atoms with van der Waals surface area (Å²) < 4.78 is 40.7. The Morgan fingerprint density at radius 2 is 2.00 bits per heavy atom. The van der Waals surface area contributed by atoms with E-state index in [1.165, 1.54) is 18.2 Å². The molecule has 4 nitrogen and oxygen atoms in total. The molecule has 0 aliphatic carbocycles.